The molecule has 0 fully saturated rings. The van der Waals surface area contributed by atoms with Crippen molar-refractivity contribution >= 4 is 22.5 Å². The Hall–Kier alpha value is -2.17. The van der Waals surface area contributed by atoms with Gasteiger partial charge in [0.1, 0.15) is 5.82 Å². The molecule has 0 amide bonds. The second-order valence-electron chi connectivity index (χ2n) is 3.78. The third-order valence-electron chi connectivity index (χ3n) is 2.89. The highest BCUT2D eigenvalue weighted by Crippen LogP contribution is 2.27. The van der Waals surface area contributed by atoms with Crippen LogP contribution in [-0.4, -0.2) is 14.0 Å². The number of imidazole rings is 2. The molecule has 5 heteroatoms. The van der Waals surface area contributed by atoms with Gasteiger partial charge >= 0.3 is 0 Å². The topological polar surface area (TPSA) is 51.7 Å². The van der Waals surface area contributed by atoms with Crippen molar-refractivity contribution in [3.05, 3.63) is 35.0 Å². The minimum atomic E-state index is 0.246. The zero-order valence-electron chi connectivity index (χ0n) is 9.01. The van der Waals surface area contributed by atoms with Gasteiger partial charge in [0.15, 0.2) is 5.65 Å². The summed E-state index contributed by atoms with van der Waals surface area (Å²) >= 11 is 0. The van der Waals surface area contributed by atoms with E-state index in [1.165, 1.54) is 0 Å². The van der Waals surface area contributed by atoms with Gasteiger partial charge in [-0.25, -0.2) is 4.98 Å². The van der Waals surface area contributed by atoms with Gasteiger partial charge in [-0.15, -0.1) is 4.91 Å². The first-order valence-electron chi connectivity index (χ1n) is 5.00. The molecule has 2 heterocycles. The molecule has 1 aromatic carbocycles. The lowest BCUT2D eigenvalue weighted by Gasteiger charge is -1.94. The predicted octanol–water partition coefficient (Wildman–Crippen LogP) is 2.53. The lowest BCUT2D eigenvalue weighted by atomic mass is 10.3. The molecule has 0 unspecified atom stereocenters. The van der Waals surface area contributed by atoms with E-state index < -0.39 is 0 Å². The van der Waals surface area contributed by atoms with Crippen LogP contribution in [0.15, 0.2) is 29.4 Å². The van der Waals surface area contributed by atoms with Crippen LogP contribution >= 0.6 is 0 Å². The highest BCUT2D eigenvalue weighted by Gasteiger charge is 2.16. The van der Waals surface area contributed by atoms with Crippen molar-refractivity contribution < 1.29 is 0 Å². The number of fused-ring (bicyclic) bond motifs is 3. The van der Waals surface area contributed by atoms with E-state index in [1.807, 2.05) is 47.2 Å². The largest absolute Gasteiger partial charge is 0.325 e. The zero-order chi connectivity index (χ0) is 11.3. The number of hydrogen-bond acceptors (Lipinski definition) is 3. The first-order valence-corrected chi connectivity index (χ1v) is 5.00. The number of benzene rings is 1. The van der Waals surface area contributed by atoms with Crippen molar-refractivity contribution in [1.82, 2.24) is 14.0 Å². The summed E-state index contributed by atoms with van der Waals surface area (Å²) < 4.78 is 3.89. The van der Waals surface area contributed by atoms with E-state index in [-0.39, 0.29) is 5.82 Å². The Morgan fingerprint density at radius 2 is 1.94 bits per heavy atom. The number of aromatic nitrogens is 3. The monoisotopic (exact) mass is 214 g/mol. The van der Waals surface area contributed by atoms with E-state index in [4.69, 9.17) is 0 Å². The van der Waals surface area contributed by atoms with Gasteiger partial charge < -0.3 is 4.57 Å². The first kappa shape index (κ1) is 9.08. The number of nitroso groups, excluding NO2 is 1. The Bertz CT molecular complexity index is 707. The van der Waals surface area contributed by atoms with Crippen LogP contribution in [0.25, 0.3) is 16.7 Å². The van der Waals surface area contributed by atoms with Crippen LogP contribution in [-0.2, 0) is 7.05 Å². The molecule has 0 radical (unpaired) electrons. The van der Waals surface area contributed by atoms with E-state index in [2.05, 4.69) is 10.2 Å². The second kappa shape index (κ2) is 2.91. The molecule has 0 aliphatic carbocycles. The van der Waals surface area contributed by atoms with Crippen LogP contribution in [0.1, 0.15) is 5.82 Å². The van der Waals surface area contributed by atoms with Gasteiger partial charge in [-0.3, -0.25) is 4.40 Å². The number of para-hydroxylation sites is 2. The molecule has 5 nitrogen and oxygen atoms in total. The van der Waals surface area contributed by atoms with Crippen LogP contribution in [0.5, 0.6) is 0 Å². The molecule has 80 valence electrons. The number of nitrogens with zero attached hydrogens (tertiary/aromatic N) is 4. The Balaban J connectivity index is 2.67. The van der Waals surface area contributed by atoms with Crippen molar-refractivity contribution in [2.45, 2.75) is 6.92 Å². The molecular formula is C11H10N4O. The van der Waals surface area contributed by atoms with Gasteiger partial charge in [0.2, 0.25) is 5.82 Å². The van der Waals surface area contributed by atoms with E-state index in [9.17, 15) is 4.91 Å². The zero-order valence-corrected chi connectivity index (χ0v) is 9.01. The maximum Gasteiger partial charge on any atom is 0.240 e. The standard InChI is InChI=1S/C11H10N4O/c1-7-12-10(13-16)11-14(2)8-5-3-4-6-9(8)15(7)11/h3-6H,1-2H3. The molecule has 0 saturated heterocycles. The second-order valence-corrected chi connectivity index (χ2v) is 3.78. The lowest BCUT2D eigenvalue weighted by molar-refractivity contribution is 0.986. The number of rotatable bonds is 1. The molecule has 16 heavy (non-hydrogen) atoms. The fourth-order valence-electron chi connectivity index (χ4n) is 2.21. The number of hydrogen-bond donors (Lipinski definition) is 0. The van der Waals surface area contributed by atoms with Crippen molar-refractivity contribution in [2.75, 3.05) is 0 Å². The highest BCUT2D eigenvalue weighted by atomic mass is 16.3. The summed E-state index contributed by atoms with van der Waals surface area (Å²) in [6.45, 7) is 1.87. The van der Waals surface area contributed by atoms with E-state index in [1.54, 1.807) is 0 Å². The highest BCUT2D eigenvalue weighted by molar-refractivity contribution is 5.85. The van der Waals surface area contributed by atoms with Crippen molar-refractivity contribution in [3.8, 4) is 0 Å². The first-order chi connectivity index (χ1) is 7.74. The predicted molar refractivity (Wildman–Crippen MR) is 61.9 cm³/mol. The molecule has 3 aromatic rings. The molecule has 0 aliphatic rings. The van der Waals surface area contributed by atoms with Gasteiger partial charge in [-0.1, -0.05) is 12.1 Å². The summed E-state index contributed by atoms with van der Waals surface area (Å²) in [6, 6.07) is 7.95. The lowest BCUT2D eigenvalue weighted by Crippen LogP contribution is -1.86. The minimum absolute atomic E-state index is 0.246. The van der Waals surface area contributed by atoms with E-state index in [0.717, 1.165) is 22.5 Å². The Labute approximate surface area is 91.3 Å². The SMILES string of the molecule is Cc1nc(N=O)c2n(C)c3ccccc3n12. The molecule has 0 atom stereocenters. The maximum atomic E-state index is 10.7. The van der Waals surface area contributed by atoms with E-state index in [0.29, 0.717) is 0 Å². The van der Waals surface area contributed by atoms with Crippen molar-refractivity contribution in [3.63, 3.8) is 0 Å². The third kappa shape index (κ3) is 0.920. The van der Waals surface area contributed by atoms with Gasteiger partial charge in [0, 0.05) is 7.05 Å². The van der Waals surface area contributed by atoms with Gasteiger partial charge in [-0.05, 0) is 24.2 Å². The van der Waals surface area contributed by atoms with Crippen LogP contribution in [0.3, 0.4) is 0 Å². The molecule has 0 N–H and O–H groups in total. The Kier molecular flexibility index (Phi) is 1.65. The molecule has 0 spiro atoms. The van der Waals surface area contributed by atoms with Crippen LogP contribution in [0.2, 0.25) is 0 Å². The third-order valence-corrected chi connectivity index (χ3v) is 2.89. The summed E-state index contributed by atoms with van der Waals surface area (Å²) in [4.78, 5) is 14.9. The summed E-state index contributed by atoms with van der Waals surface area (Å²) in [6.07, 6.45) is 0. The fourth-order valence-corrected chi connectivity index (χ4v) is 2.21. The van der Waals surface area contributed by atoms with Crippen LogP contribution in [0.4, 0.5) is 5.82 Å². The molecular weight excluding hydrogens is 204 g/mol. The van der Waals surface area contributed by atoms with Crippen LogP contribution < -0.4 is 0 Å². The fraction of sp³-hybridized carbons (Fsp3) is 0.182. The average Bonchev–Trinajstić information content (AvgIpc) is 2.78. The molecule has 0 bridgehead atoms. The van der Waals surface area contributed by atoms with Crippen LogP contribution in [0, 0.1) is 11.8 Å². The van der Waals surface area contributed by atoms with Crippen molar-refractivity contribution in [2.24, 2.45) is 12.2 Å². The summed E-state index contributed by atoms with van der Waals surface area (Å²) in [5, 5.41) is 2.97. The molecule has 3 rings (SSSR count). The smallest absolute Gasteiger partial charge is 0.240 e. The quantitative estimate of drug-likeness (QED) is 0.584. The summed E-state index contributed by atoms with van der Waals surface area (Å²) in [5.74, 6) is 1.03. The minimum Gasteiger partial charge on any atom is -0.325 e. The molecule has 0 saturated carbocycles. The summed E-state index contributed by atoms with van der Waals surface area (Å²) in [7, 11) is 1.91. The molecule has 0 aliphatic heterocycles. The van der Waals surface area contributed by atoms with Gasteiger partial charge in [0.05, 0.1) is 11.0 Å². The van der Waals surface area contributed by atoms with E-state index >= 15 is 0 Å². The van der Waals surface area contributed by atoms with Crippen molar-refractivity contribution in [1.29, 1.82) is 0 Å². The average molecular weight is 214 g/mol. The normalized spacial score (nSPS) is 11.4. The summed E-state index contributed by atoms with van der Waals surface area (Å²) in [5.41, 5.74) is 2.85. The number of aryl methyl sites for hydroxylation is 2. The Morgan fingerprint density at radius 1 is 1.25 bits per heavy atom. The van der Waals surface area contributed by atoms with Gasteiger partial charge in [0.25, 0.3) is 0 Å². The van der Waals surface area contributed by atoms with Gasteiger partial charge in [-0.2, -0.15) is 0 Å². The maximum absolute atomic E-state index is 10.7. The Morgan fingerprint density at radius 3 is 2.62 bits per heavy atom. The molecule has 2 aromatic heterocycles.